The van der Waals surface area contributed by atoms with E-state index in [2.05, 4.69) is 9.88 Å². The lowest BCUT2D eigenvalue weighted by atomic mass is 10.2. The zero-order chi connectivity index (χ0) is 17.7. The lowest BCUT2D eigenvalue weighted by Gasteiger charge is -2.07. The highest BCUT2D eigenvalue weighted by atomic mass is 35.5. The van der Waals surface area contributed by atoms with Gasteiger partial charge in [0.2, 0.25) is 10.0 Å². The van der Waals surface area contributed by atoms with E-state index in [-0.39, 0.29) is 17.2 Å². The third kappa shape index (κ3) is 4.83. The average molecular weight is 370 g/mol. The number of hydrogen-bond acceptors (Lipinski definition) is 5. The summed E-state index contributed by atoms with van der Waals surface area (Å²) in [4.78, 5) is 1.85. The van der Waals surface area contributed by atoms with Gasteiger partial charge in [-0.1, -0.05) is 28.9 Å². The fourth-order valence-electron chi connectivity index (χ4n) is 2.08. The van der Waals surface area contributed by atoms with Crippen LogP contribution in [0.1, 0.15) is 17.0 Å². The van der Waals surface area contributed by atoms with Gasteiger partial charge in [-0.2, -0.15) is 0 Å². The van der Waals surface area contributed by atoms with Crippen LogP contribution in [0.25, 0.3) is 6.08 Å². The highest BCUT2D eigenvalue weighted by Gasteiger charge is 2.24. The van der Waals surface area contributed by atoms with E-state index in [1.807, 2.05) is 26.2 Å². The van der Waals surface area contributed by atoms with Crippen molar-refractivity contribution in [3.63, 3.8) is 0 Å². The molecular weight excluding hydrogens is 350 g/mol. The fraction of sp³-hybridized carbons (Fsp3) is 0.312. The number of hydrogen-bond donors (Lipinski definition) is 1. The second-order valence-electron chi connectivity index (χ2n) is 5.51. The second kappa shape index (κ2) is 7.83. The summed E-state index contributed by atoms with van der Waals surface area (Å²) in [5.41, 5.74) is 1.32. The fourth-order valence-corrected chi connectivity index (χ4v) is 3.52. The average Bonchev–Trinajstić information content (AvgIpc) is 2.89. The summed E-state index contributed by atoms with van der Waals surface area (Å²) < 4.78 is 32.8. The minimum atomic E-state index is -3.71. The summed E-state index contributed by atoms with van der Waals surface area (Å²) in [6, 6.07) is 7.29. The maximum absolute atomic E-state index is 12.5. The monoisotopic (exact) mass is 369 g/mol. The van der Waals surface area contributed by atoms with Crippen LogP contribution in [-0.4, -0.2) is 39.1 Å². The SMILES string of the molecule is Cc1noc(/C=C/N(C)C)c1S(=O)(=O)NCCc1ccc(Cl)cc1. The number of halogens is 1. The van der Waals surface area contributed by atoms with E-state index >= 15 is 0 Å². The van der Waals surface area contributed by atoms with Crippen LogP contribution in [0, 0.1) is 6.92 Å². The molecule has 0 spiro atoms. The normalized spacial score (nSPS) is 12.0. The molecule has 1 heterocycles. The molecule has 2 aromatic rings. The van der Waals surface area contributed by atoms with Crippen LogP contribution < -0.4 is 4.72 Å². The molecule has 2 rings (SSSR count). The first kappa shape index (κ1) is 18.5. The van der Waals surface area contributed by atoms with Crippen molar-refractivity contribution in [1.29, 1.82) is 0 Å². The molecular formula is C16H20ClN3O3S. The van der Waals surface area contributed by atoms with Crippen LogP contribution in [0.5, 0.6) is 0 Å². The second-order valence-corrected chi connectivity index (χ2v) is 7.66. The van der Waals surface area contributed by atoms with Gasteiger partial charge in [-0.25, -0.2) is 13.1 Å². The van der Waals surface area contributed by atoms with E-state index in [4.69, 9.17) is 16.1 Å². The van der Waals surface area contributed by atoms with Crippen LogP contribution in [0.4, 0.5) is 0 Å². The molecule has 8 heteroatoms. The van der Waals surface area contributed by atoms with Gasteiger partial charge in [0, 0.05) is 37.9 Å². The molecule has 0 saturated carbocycles. The molecule has 0 fully saturated rings. The largest absolute Gasteiger partial charge is 0.383 e. The van der Waals surface area contributed by atoms with Gasteiger partial charge in [0.15, 0.2) is 10.7 Å². The third-order valence-electron chi connectivity index (χ3n) is 3.25. The van der Waals surface area contributed by atoms with Crippen LogP contribution in [0.3, 0.4) is 0 Å². The molecule has 0 amide bonds. The molecule has 24 heavy (non-hydrogen) atoms. The smallest absolute Gasteiger partial charge is 0.246 e. The van der Waals surface area contributed by atoms with Crippen molar-refractivity contribution in [2.24, 2.45) is 0 Å². The highest BCUT2D eigenvalue weighted by molar-refractivity contribution is 7.89. The quantitative estimate of drug-likeness (QED) is 0.812. The van der Waals surface area contributed by atoms with Crippen molar-refractivity contribution >= 4 is 27.7 Å². The Hall–Kier alpha value is -1.83. The molecule has 1 aromatic carbocycles. The number of benzene rings is 1. The Bertz CT molecular complexity index is 812. The predicted molar refractivity (Wildman–Crippen MR) is 94.3 cm³/mol. The van der Waals surface area contributed by atoms with Gasteiger partial charge in [0.1, 0.15) is 5.69 Å². The minimum Gasteiger partial charge on any atom is -0.383 e. The molecule has 0 radical (unpaired) electrons. The lowest BCUT2D eigenvalue weighted by molar-refractivity contribution is 0.405. The summed E-state index contributed by atoms with van der Waals surface area (Å²) in [6.45, 7) is 1.87. The molecule has 0 aliphatic carbocycles. The topological polar surface area (TPSA) is 75.4 Å². The summed E-state index contributed by atoms with van der Waals surface area (Å²) in [5.74, 6) is 0.209. The number of aryl methyl sites for hydroxylation is 1. The Labute approximate surface area is 147 Å². The van der Waals surface area contributed by atoms with Crippen molar-refractivity contribution < 1.29 is 12.9 Å². The van der Waals surface area contributed by atoms with Gasteiger partial charge >= 0.3 is 0 Å². The van der Waals surface area contributed by atoms with E-state index < -0.39 is 10.0 Å². The van der Waals surface area contributed by atoms with Crippen LogP contribution in [-0.2, 0) is 16.4 Å². The summed E-state index contributed by atoms with van der Waals surface area (Å²) in [7, 11) is -0.0433. The van der Waals surface area contributed by atoms with Crippen LogP contribution in [0.2, 0.25) is 5.02 Å². The van der Waals surface area contributed by atoms with Crippen molar-refractivity contribution in [3.8, 4) is 0 Å². The van der Waals surface area contributed by atoms with Crippen molar-refractivity contribution in [3.05, 3.63) is 52.5 Å². The standard InChI is InChI=1S/C16H20ClN3O3S/c1-12-16(15(23-19-12)9-11-20(2)3)24(21,22)18-10-8-13-4-6-14(17)7-5-13/h4-7,9,11,18H,8,10H2,1-3H3/b11-9+. The van der Waals surface area contributed by atoms with Gasteiger partial charge in [-0.15, -0.1) is 0 Å². The predicted octanol–water partition coefficient (Wildman–Crippen LogP) is 2.69. The molecule has 0 aliphatic heterocycles. The Kier molecular flexibility index (Phi) is 6.04. The molecule has 0 aliphatic rings. The zero-order valence-electron chi connectivity index (χ0n) is 13.8. The van der Waals surface area contributed by atoms with Gasteiger partial charge in [0.05, 0.1) is 0 Å². The Morgan fingerprint density at radius 2 is 1.96 bits per heavy atom. The number of aromatic nitrogens is 1. The molecule has 0 unspecified atom stereocenters. The molecule has 0 saturated heterocycles. The first-order valence-electron chi connectivity index (χ1n) is 7.34. The summed E-state index contributed by atoms with van der Waals surface area (Å²) >= 11 is 5.83. The van der Waals surface area contributed by atoms with Crippen LogP contribution in [0.15, 0.2) is 39.9 Å². The Morgan fingerprint density at radius 1 is 1.29 bits per heavy atom. The first-order chi connectivity index (χ1) is 11.3. The molecule has 1 aromatic heterocycles. The van der Waals surface area contributed by atoms with E-state index in [1.54, 1.807) is 36.2 Å². The molecule has 0 atom stereocenters. The van der Waals surface area contributed by atoms with E-state index in [0.717, 1.165) is 5.56 Å². The molecule has 130 valence electrons. The van der Waals surface area contributed by atoms with Gasteiger partial charge < -0.3 is 9.42 Å². The van der Waals surface area contributed by atoms with E-state index in [0.29, 0.717) is 17.1 Å². The van der Waals surface area contributed by atoms with Crippen molar-refractivity contribution in [2.75, 3.05) is 20.6 Å². The third-order valence-corrected chi connectivity index (χ3v) is 5.12. The molecule has 1 N–H and O–H groups in total. The number of rotatable bonds is 7. The number of sulfonamides is 1. The van der Waals surface area contributed by atoms with E-state index in [9.17, 15) is 8.42 Å². The Morgan fingerprint density at radius 3 is 2.58 bits per heavy atom. The summed E-state index contributed by atoms with van der Waals surface area (Å²) in [6.07, 6.45) is 3.84. The highest BCUT2D eigenvalue weighted by Crippen LogP contribution is 2.21. The minimum absolute atomic E-state index is 0.0664. The summed E-state index contributed by atoms with van der Waals surface area (Å²) in [5, 5.41) is 4.41. The lowest BCUT2D eigenvalue weighted by Crippen LogP contribution is -2.26. The number of nitrogens with zero attached hydrogens (tertiary/aromatic N) is 2. The zero-order valence-corrected chi connectivity index (χ0v) is 15.4. The molecule has 0 bridgehead atoms. The maximum Gasteiger partial charge on any atom is 0.246 e. The first-order valence-corrected chi connectivity index (χ1v) is 9.21. The van der Waals surface area contributed by atoms with E-state index in [1.165, 1.54) is 0 Å². The molecule has 6 nitrogen and oxygen atoms in total. The Balaban J connectivity index is 2.10. The maximum atomic E-state index is 12.5. The van der Waals surface area contributed by atoms with Crippen LogP contribution >= 0.6 is 11.6 Å². The number of nitrogens with one attached hydrogen (secondary N) is 1. The van der Waals surface area contributed by atoms with Gasteiger partial charge in [0.25, 0.3) is 0 Å². The van der Waals surface area contributed by atoms with Gasteiger partial charge in [-0.3, -0.25) is 0 Å². The van der Waals surface area contributed by atoms with Crippen molar-refractivity contribution in [1.82, 2.24) is 14.8 Å². The van der Waals surface area contributed by atoms with Crippen molar-refractivity contribution in [2.45, 2.75) is 18.2 Å². The van der Waals surface area contributed by atoms with Gasteiger partial charge in [-0.05, 0) is 31.0 Å².